The van der Waals surface area contributed by atoms with Crippen LogP contribution in [0.3, 0.4) is 0 Å². The molecule has 1 fully saturated rings. The largest absolute Gasteiger partial charge is 0.461 e. The van der Waals surface area contributed by atoms with Crippen molar-refractivity contribution in [3.63, 3.8) is 0 Å². The Hall–Kier alpha value is -1.05. The molecule has 16 heavy (non-hydrogen) atoms. The first-order valence-corrected chi connectivity index (χ1v) is 6.12. The molecule has 1 saturated heterocycles. The van der Waals surface area contributed by atoms with Crippen LogP contribution in [0, 0.1) is 17.8 Å². The van der Waals surface area contributed by atoms with Crippen LogP contribution in [0.25, 0.3) is 0 Å². The van der Waals surface area contributed by atoms with Crippen LogP contribution in [-0.2, 0) is 9.53 Å². The number of hydrogen-bond donors (Lipinski definition) is 0. The minimum atomic E-state index is 0.00435. The summed E-state index contributed by atoms with van der Waals surface area (Å²) in [6, 6.07) is 0. The number of rotatable bonds is 3. The van der Waals surface area contributed by atoms with Gasteiger partial charge in [0.1, 0.15) is 6.10 Å². The maximum atomic E-state index is 11.7. The number of allylic oxidation sites excluding steroid dienone is 3. The van der Waals surface area contributed by atoms with Crippen LogP contribution in [0.5, 0.6) is 0 Å². The van der Waals surface area contributed by atoms with Crippen LogP contribution < -0.4 is 0 Å². The van der Waals surface area contributed by atoms with Gasteiger partial charge in [-0.2, -0.15) is 0 Å². The van der Waals surface area contributed by atoms with Crippen LogP contribution in [0.1, 0.15) is 33.6 Å². The molecule has 0 aromatic heterocycles. The molecule has 0 unspecified atom stereocenters. The topological polar surface area (TPSA) is 26.3 Å². The molecule has 0 spiro atoms. The molecule has 1 aliphatic carbocycles. The van der Waals surface area contributed by atoms with Crippen LogP contribution in [0.15, 0.2) is 23.8 Å². The van der Waals surface area contributed by atoms with Crippen LogP contribution in [0.2, 0.25) is 0 Å². The van der Waals surface area contributed by atoms with Gasteiger partial charge in [0.05, 0.1) is 5.92 Å². The van der Waals surface area contributed by atoms with Gasteiger partial charge in [0.25, 0.3) is 0 Å². The Balaban J connectivity index is 1.95. The van der Waals surface area contributed by atoms with E-state index < -0.39 is 0 Å². The molecule has 0 radical (unpaired) electrons. The summed E-state index contributed by atoms with van der Waals surface area (Å²) >= 11 is 0. The van der Waals surface area contributed by atoms with Gasteiger partial charge in [-0.25, -0.2) is 0 Å². The quantitative estimate of drug-likeness (QED) is 0.539. The minimum Gasteiger partial charge on any atom is -0.461 e. The number of hydrogen-bond acceptors (Lipinski definition) is 2. The van der Waals surface area contributed by atoms with E-state index in [0.717, 1.165) is 12.8 Å². The second kappa shape index (κ2) is 4.44. The zero-order chi connectivity index (χ0) is 11.7. The van der Waals surface area contributed by atoms with Gasteiger partial charge in [0, 0.05) is 5.92 Å². The molecule has 88 valence electrons. The molecule has 0 saturated carbocycles. The lowest BCUT2D eigenvalue weighted by Gasteiger charge is -2.13. The third kappa shape index (κ3) is 2.06. The molecule has 0 aromatic carbocycles. The van der Waals surface area contributed by atoms with Crippen LogP contribution in [0.4, 0.5) is 0 Å². The predicted molar refractivity (Wildman–Crippen MR) is 63.8 cm³/mol. The molecule has 2 aliphatic rings. The van der Waals surface area contributed by atoms with E-state index in [-0.39, 0.29) is 18.0 Å². The molecule has 2 rings (SSSR count). The summed E-state index contributed by atoms with van der Waals surface area (Å²) in [6.45, 7) is 6.29. The maximum absolute atomic E-state index is 11.7. The Morgan fingerprint density at radius 3 is 2.88 bits per heavy atom. The zero-order valence-corrected chi connectivity index (χ0v) is 10.3. The van der Waals surface area contributed by atoms with E-state index in [2.05, 4.69) is 39.0 Å². The lowest BCUT2D eigenvalue weighted by atomic mass is 9.87. The summed E-state index contributed by atoms with van der Waals surface area (Å²) in [5, 5.41) is 0. The summed E-state index contributed by atoms with van der Waals surface area (Å²) in [5.74, 6) is 0.778. The lowest BCUT2D eigenvalue weighted by Crippen LogP contribution is -2.18. The molecule has 2 heteroatoms. The fourth-order valence-corrected chi connectivity index (χ4v) is 2.71. The van der Waals surface area contributed by atoms with E-state index in [1.807, 2.05) is 0 Å². The summed E-state index contributed by atoms with van der Waals surface area (Å²) < 4.78 is 5.46. The van der Waals surface area contributed by atoms with Gasteiger partial charge in [0.2, 0.25) is 0 Å². The van der Waals surface area contributed by atoms with Crippen LogP contribution >= 0.6 is 0 Å². The Morgan fingerprint density at radius 2 is 2.19 bits per heavy atom. The van der Waals surface area contributed by atoms with Crippen molar-refractivity contribution in [2.75, 3.05) is 0 Å². The number of fused-ring (bicyclic) bond motifs is 1. The Bertz CT molecular complexity index is 337. The number of carbonyl (C=O) groups excluding carboxylic acids is 1. The van der Waals surface area contributed by atoms with E-state index in [1.54, 1.807) is 0 Å². The van der Waals surface area contributed by atoms with Gasteiger partial charge < -0.3 is 4.74 Å². The highest BCUT2D eigenvalue weighted by Gasteiger charge is 2.47. The van der Waals surface area contributed by atoms with Gasteiger partial charge in [0.15, 0.2) is 0 Å². The highest BCUT2D eigenvalue weighted by molar-refractivity contribution is 5.77. The molecule has 0 aromatic rings. The van der Waals surface area contributed by atoms with Crippen molar-refractivity contribution in [1.82, 2.24) is 0 Å². The molecule has 0 amide bonds. The molecule has 1 aliphatic heterocycles. The van der Waals surface area contributed by atoms with Crippen molar-refractivity contribution in [3.05, 3.63) is 23.8 Å². The number of esters is 1. The Labute approximate surface area is 97.4 Å². The van der Waals surface area contributed by atoms with Crippen molar-refractivity contribution in [2.24, 2.45) is 17.8 Å². The van der Waals surface area contributed by atoms with Gasteiger partial charge in [-0.3, -0.25) is 4.79 Å². The van der Waals surface area contributed by atoms with Crippen molar-refractivity contribution < 1.29 is 9.53 Å². The smallest absolute Gasteiger partial charge is 0.310 e. The summed E-state index contributed by atoms with van der Waals surface area (Å²) in [7, 11) is 0. The molecular formula is C14H20O2. The van der Waals surface area contributed by atoms with Crippen LogP contribution in [-0.4, -0.2) is 12.1 Å². The fraction of sp³-hybridized carbons (Fsp3) is 0.643. The maximum Gasteiger partial charge on any atom is 0.310 e. The molecular weight excluding hydrogens is 200 g/mol. The van der Waals surface area contributed by atoms with Gasteiger partial charge in [-0.1, -0.05) is 30.7 Å². The standard InChI is InChI=1S/C14H20O2/c1-9(2)5-4-6-12-11-8-7-10(3)13(11)14(15)16-12/h5,7-8,10-13H,4,6H2,1-3H3/t10-,11-,12-,13-/m0/s1. The third-order valence-electron chi connectivity index (χ3n) is 3.59. The van der Waals surface area contributed by atoms with Crippen molar-refractivity contribution in [1.29, 1.82) is 0 Å². The lowest BCUT2D eigenvalue weighted by molar-refractivity contribution is -0.145. The first-order chi connectivity index (χ1) is 7.59. The number of cyclic esters (lactones) is 1. The van der Waals surface area contributed by atoms with E-state index in [1.165, 1.54) is 5.57 Å². The van der Waals surface area contributed by atoms with Crippen molar-refractivity contribution in [2.45, 2.75) is 39.7 Å². The van der Waals surface area contributed by atoms with E-state index >= 15 is 0 Å². The SMILES string of the molecule is CC(C)=CCC[C@@H]1OC(=O)[C@@H]2[C@H]1C=C[C@@H]2C. The van der Waals surface area contributed by atoms with Gasteiger partial charge in [-0.15, -0.1) is 0 Å². The van der Waals surface area contributed by atoms with Gasteiger partial charge >= 0.3 is 5.97 Å². The van der Waals surface area contributed by atoms with E-state index in [9.17, 15) is 4.79 Å². The summed E-state index contributed by atoms with van der Waals surface area (Å²) in [4.78, 5) is 11.7. The molecule has 2 nitrogen and oxygen atoms in total. The second-order valence-corrected chi connectivity index (χ2v) is 5.18. The number of ether oxygens (including phenoxy) is 1. The highest BCUT2D eigenvalue weighted by atomic mass is 16.6. The summed E-state index contributed by atoms with van der Waals surface area (Å²) in [5.41, 5.74) is 1.33. The number of carbonyl (C=O) groups is 1. The molecule has 4 atom stereocenters. The highest BCUT2D eigenvalue weighted by Crippen LogP contribution is 2.41. The van der Waals surface area contributed by atoms with E-state index in [0.29, 0.717) is 11.8 Å². The molecule has 0 bridgehead atoms. The monoisotopic (exact) mass is 220 g/mol. The second-order valence-electron chi connectivity index (χ2n) is 5.18. The molecule has 1 heterocycles. The fourth-order valence-electron chi connectivity index (χ4n) is 2.71. The first kappa shape index (κ1) is 11.4. The third-order valence-corrected chi connectivity index (χ3v) is 3.59. The van der Waals surface area contributed by atoms with Crippen molar-refractivity contribution >= 4 is 5.97 Å². The first-order valence-electron chi connectivity index (χ1n) is 6.12. The van der Waals surface area contributed by atoms with E-state index in [4.69, 9.17) is 4.74 Å². The summed E-state index contributed by atoms with van der Waals surface area (Å²) in [6.07, 6.45) is 8.61. The average Bonchev–Trinajstić information content (AvgIpc) is 2.70. The Kier molecular flexibility index (Phi) is 3.17. The normalized spacial score (nSPS) is 36.1. The predicted octanol–water partition coefficient (Wildman–Crippen LogP) is 3.10. The molecule has 0 N–H and O–H groups in total. The van der Waals surface area contributed by atoms with Crippen molar-refractivity contribution in [3.8, 4) is 0 Å². The van der Waals surface area contributed by atoms with Gasteiger partial charge in [-0.05, 0) is 32.6 Å². The average molecular weight is 220 g/mol. The zero-order valence-electron chi connectivity index (χ0n) is 10.3. The minimum absolute atomic E-state index is 0.00435. The Morgan fingerprint density at radius 1 is 1.44 bits per heavy atom.